The van der Waals surface area contributed by atoms with Crippen LogP contribution in [0.2, 0.25) is 0 Å². The molecule has 6 nitrogen and oxygen atoms in total. The predicted octanol–water partition coefficient (Wildman–Crippen LogP) is 5.14. The van der Waals surface area contributed by atoms with Gasteiger partial charge >= 0.3 is 0 Å². The highest BCUT2D eigenvalue weighted by molar-refractivity contribution is 7.80. The van der Waals surface area contributed by atoms with E-state index in [0.29, 0.717) is 11.7 Å². The SMILES string of the molecule is Cc1ccc(C2C(c3ccccn3)NC(=S)N2CCC(=O)Nc2cccc3ccccc23)o1. The van der Waals surface area contributed by atoms with Gasteiger partial charge in [-0.25, -0.2) is 0 Å². The third-order valence-corrected chi connectivity index (χ3v) is 6.25. The summed E-state index contributed by atoms with van der Waals surface area (Å²) in [5.41, 5.74) is 1.69. The molecule has 1 saturated heterocycles. The second kappa shape index (κ2) is 9.03. The molecule has 0 saturated carbocycles. The van der Waals surface area contributed by atoms with Gasteiger partial charge in [-0.05, 0) is 54.9 Å². The summed E-state index contributed by atoms with van der Waals surface area (Å²) in [5.74, 6) is 1.56. The molecule has 1 aliphatic rings. The van der Waals surface area contributed by atoms with Crippen LogP contribution in [0.5, 0.6) is 0 Å². The molecule has 166 valence electrons. The second-order valence-corrected chi connectivity index (χ2v) is 8.48. The number of fused-ring (bicyclic) bond motifs is 1. The number of aryl methyl sites for hydroxylation is 1. The lowest BCUT2D eigenvalue weighted by Crippen LogP contribution is -2.32. The van der Waals surface area contributed by atoms with E-state index in [9.17, 15) is 4.79 Å². The molecule has 2 unspecified atom stereocenters. The van der Waals surface area contributed by atoms with Gasteiger partial charge in [0.15, 0.2) is 5.11 Å². The van der Waals surface area contributed by atoms with Crippen LogP contribution in [-0.4, -0.2) is 27.4 Å². The number of carbonyl (C=O) groups excluding carboxylic acids is 1. The van der Waals surface area contributed by atoms with Gasteiger partial charge in [-0.3, -0.25) is 9.78 Å². The fraction of sp³-hybridized carbons (Fsp3) is 0.192. The van der Waals surface area contributed by atoms with Crippen molar-refractivity contribution in [2.24, 2.45) is 0 Å². The van der Waals surface area contributed by atoms with Crippen molar-refractivity contribution in [3.05, 3.63) is 96.2 Å². The van der Waals surface area contributed by atoms with Gasteiger partial charge in [-0.1, -0.05) is 42.5 Å². The van der Waals surface area contributed by atoms with Crippen LogP contribution >= 0.6 is 12.2 Å². The van der Waals surface area contributed by atoms with Crippen molar-refractivity contribution in [3.63, 3.8) is 0 Å². The molecular weight excluding hydrogens is 432 g/mol. The Morgan fingerprint density at radius 1 is 1.09 bits per heavy atom. The van der Waals surface area contributed by atoms with Crippen molar-refractivity contribution in [3.8, 4) is 0 Å². The maximum Gasteiger partial charge on any atom is 0.226 e. The Labute approximate surface area is 197 Å². The zero-order chi connectivity index (χ0) is 22.8. The molecule has 3 heterocycles. The van der Waals surface area contributed by atoms with Crippen molar-refractivity contribution in [2.45, 2.75) is 25.4 Å². The highest BCUT2D eigenvalue weighted by Gasteiger charge is 2.41. The fourth-order valence-corrected chi connectivity index (χ4v) is 4.67. The number of aromatic nitrogens is 1. The number of pyridine rings is 1. The van der Waals surface area contributed by atoms with E-state index in [-0.39, 0.29) is 24.4 Å². The highest BCUT2D eigenvalue weighted by atomic mass is 32.1. The minimum atomic E-state index is -0.188. The zero-order valence-electron chi connectivity index (χ0n) is 18.2. The van der Waals surface area contributed by atoms with E-state index >= 15 is 0 Å². The molecule has 0 spiro atoms. The normalized spacial score (nSPS) is 17.8. The van der Waals surface area contributed by atoms with Crippen molar-refractivity contribution in [1.82, 2.24) is 15.2 Å². The fourth-order valence-electron chi connectivity index (χ4n) is 4.34. The molecule has 2 atom stereocenters. The number of nitrogens with one attached hydrogen (secondary N) is 2. The molecule has 2 N–H and O–H groups in total. The molecule has 5 rings (SSSR count). The quantitative estimate of drug-likeness (QED) is 0.392. The first kappa shape index (κ1) is 21.2. The highest BCUT2D eigenvalue weighted by Crippen LogP contribution is 2.39. The number of rotatable bonds is 6. The zero-order valence-corrected chi connectivity index (χ0v) is 19.0. The largest absolute Gasteiger partial charge is 0.464 e. The van der Waals surface area contributed by atoms with E-state index in [1.165, 1.54) is 0 Å². The summed E-state index contributed by atoms with van der Waals surface area (Å²) in [5, 5.41) is 9.13. The molecule has 7 heteroatoms. The van der Waals surface area contributed by atoms with Crippen LogP contribution in [0.1, 0.15) is 35.7 Å². The first-order valence-corrected chi connectivity index (χ1v) is 11.3. The van der Waals surface area contributed by atoms with E-state index in [1.54, 1.807) is 6.20 Å². The van der Waals surface area contributed by atoms with E-state index in [4.69, 9.17) is 16.6 Å². The van der Waals surface area contributed by atoms with E-state index < -0.39 is 0 Å². The number of benzene rings is 2. The van der Waals surface area contributed by atoms with Gasteiger partial charge in [-0.15, -0.1) is 0 Å². The summed E-state index contributed by atoms with van der Waals surface area (Å²) >= 11 is 5.66. The van der Waals surface area contributed by atoms with Gasteiger partial charge in [0.2, 0.25) is 5.91 Å². The van der Waals surface area contributed by atoms with Gasteiger partial charge in [-0.2, -0.15) is 0 Å². The van der Waals surface area contributed by atoms with E-state index in [0.717, 1.165) is 33.7 Å². The third kappa shape index (κ3) is 4.32. The average Bonchev–Trinajstić information content (AvgIpc) is 3.41. The van der Waals surface area contributed by atoms with Gasteiger partial charge in [0.1, 0.15) is 17.6 Å². The van der Waals surface area contributed by atoms with Crippen LogP contribution in [0.4, 0.5) is 5.69 Å². The number of hydrogen-bond donors (Lipinski definition) is 2. The molecule has 0 aliphatic carbocycles. The van der Waals surface area contributed by atoms with E-state index in [1.807, 2.05) is 84.6 Å². The molecule has 2 aromatic carbocycles. The van der Waals surface area contributed by atoms with Crippen LogP contribution < -0.4 is 10.6 Å². The van der Waals surface area contributed by atoms with Crippen LogP contribution in [0, 0.1) is 6.92 Å². The Balaban J connectivity index is 1.35. The lowest BCUT2D eigenvalue weighted by Gasteiger charge is -2.25. The molecule has 0 radical (unpaired) electrons. The maximum absolute atomic E-state index is 12.9. The number of thiocarbonyl (C=S) groups is 1. The van der Waals surface area contributed by atoms with E-state index in [2.05, 4.69) is 15.6 Å². The van der Waals surface area contributed by atoms with Gasteiger partial charge in [0.05, 0.1) is 11.7 Å². The van der Waals surface area contributed by atoms with Crippen molar-refractivity contribution < 1.29 is 9.21 Å². The minimum absolute atomic E-state index is 0.0650. The summed E-state index contributed by atoms with van der Waals surface area (Å²) < 4.78 is 5.98. The molecule has 1 aliphatic heterocycles. The number of amides is 1. The first-order chi connectivity index (χ1) is 16.1. The van der Waals surface area contributed by atoms with Gasteiger partial charge in [0, 0.05) is 30.2 Å². The molecule has 0 bridgehead atoms. The van der Waals surface area contributed by atoms with Crippen molar-refractivity contribution in [2.75, 3.05) is 11.9 Å². The first-order valence-electron chi connectivity index (χ1n) is 10.9. The number of nitrogens with zero attached hydrogens (tertiary/aromatic N) is 2. The number of furan rings is 1. The Bertz CT molecular complexity index is 1300. The average molecular weight is 457 g/mol. The summed E-state index contributed by atoms with van der Waals surface area (Å²) in [4.78, 5) is 19.4. The molecule has 2 aromatic heterocycles. The predicted molar refractivity (Wildman–Crippen MR) is 133 cm³/mol. The Hall–Kier alpha value is -3.71. The summed E-state index contributed by atoms with van der Waals surface area (Å²) in [6, 6.07) is 23.3. The molecule has 1 amide bonds. The Morgan fingerprint density at radius 2 is 1.91 bits per heavy atom. The minimum Gasteiger partial charge on any atom is -0.464 e. The third-order valence-electron chi connectivity index (χ3n) is 5.89. The Kier molecular flexibility index (Phi) is 5.79. The standard InChI is InChI=1S/C26H24N4O2S/c1-17-12-13-22(32-17)25-24(21-10-4-5-15-27-21)29-26(33)30(25)16-14-23(31)28-20-11-6-8-18-7-2-3-9-19(18)20/h2-13,15,24-25H,14,16H2,1H3,(H,28,31)(H,29,33). The number of carbonyl (C=O) groups is 1. The van der Waals surface area contributed by atoms with Crippen LogP contribution in [0.15, 0.2) is 83.4 Å². The number of anilines is 1. The molecule has 1 fully saturated rings. The topological polar surface area (TPSA) is 70.4 Å². The number of hydrogen-bond acceptors (Lipinski definition) is 4. The second-order valence-electron chi connectivity index (χ2n) is 8.09. The summed E-state index contributed by atoms with van der Waals surface area (Å²) in [6.45, 7) is 2.37. The lowest BCUT2D eigenvalue weighted by molar-refractivity contribution is -0.116. The monoisotopic (exact) mass is 456 g/mol. The molecule has 4 aromatic rings. The maximum atomic E-state index is 12.9. The summed E-state index contributed by atoms with van der Waals surface area (Å²) in [7, 11) is 0. The summed E-state index contributed by atoms with van der Waals surface area (Å²) in [6.07, 6.45) is 2.06. The van der Waals surface area contributed by atoms with Crippen LogP contribution in [0.3, 0.4) is 0 Å². The van der Waals surface area contributed by atoms with Crippen molar-refractivity contribution in [1.29, 1.82) is 0 Å². The van der Waals surface area contributed by atoms with Crippen LogP contribution in [-0.2, 0) is 4.79 Å². The van der Waals surface area contributed by atoms with Gasteiger partial charge < -0.3 is 20.0 Å². The van der Waals surface area contributed by atoms with Crippen molar-refractivity contribution >= 4 is 39.7 Å². The molecule has 33 heavy (non-hydrogen) atoms. The molecular formula is C26H24N4O2S. The van der Waals surface area contributed by atoms with Crippen LogP contribution in [0.25, 0.3) is 10.8 Å². The lowest BCUT2D eigenvalue weighted by atomic mass is 10.0. The van der Waals surface area contributed by atoms with Gasteiger partial charge in [0.25, 0.3) is 0 Å². The Morgan fingerprint density at radius 3 is 2.70 bits per heavy atom. The smallest absolute Gasteiger partial charge is 0.226 e.